The second kappa shape index (κ2) is 7.25. The molecule has 1 N–H and O–H groups in total. The van der Waals surface area contributed by atoms with Gasteiger partial charge in [-0.15, -0.1) is 0 Å². The summed E-state index contributed by atoms with van der Waals surface area (Å²) < 4.78 is 2.01. The lowest BCUT2D eigenvalue weighted by molar-refractivity contribution is -0.122. The summed E-state index contributed by atoms with van der Waals surface area (Å²) >= 11 is 5.21. The van der Waals surface area contributed by atoms with Gasteiger partial charge in [0.25, 0.3) is 11.8 Å². The quantitative estimate of drug-likeness (QED) is 0.424. The molecular weight excluding hydrogens is 370 g/mol. The normalized spacial score (nSPS) is 15.8. The molecule has 0 atom stereocenters. The summed E-state index contributed by atoms with van der Waals surface area (Å²) in [5.41, 5.74) is 3.43. The van der Waals surface area contributed by atoms with Gasteiger partial charge in [0.15, 0.2) is 5.11 Å². The van der Waals surface area contributed by atoms with Gasteiger partial charge in [-0.2, -0.15) is 0 Å². The predicted molar refractivity (Wildman–Crippen MR) is 113 cm³/mol. The van der Waals surface area contributed by atoms with Crippen LogP contribution in [0.3, 0.4) is 0 Å². The topological polar surface area (TPSA) is 54.3 Å². The predicted octanol–water partition coefficient (Wildman–Crippen LogP) is 3.62. The molecule has 1 fully saturated rings. The summed E-state index contributed by atoms with van der Waals surface area (Å²) in [6.45, 7) is 1.98. The van der Waals surface area contributed by atoms with Crippen LogP contribution in [-0.2, 0) is 9.59 Å². The molecule has 2 heterocycles. The Kier molecular flexibility index (Phi) is 4.63. The van der Waals surface area contributed by atoms with Gasteiger partial charge >= 0.3 is 0 Å². The minimum absolute atomic E-state index is 0.0441. The van der Waals surface area contributed by atoms with E-state index in [9.17, 15) is 9.59 Å². The van der Waals surface area contributed by atoms with Crippen molar-refractivity contribution < 1.29 is 9.59 Å². The molecule has 1 saturated heterocycles. The molecule has 5 nitrogen and oxygen atoms in total. The zero-order valence-electron chi connectivity index (χ0n) is 15.1. The van der Waals surface area contributed by atoms with E-state index in [1.165, 1.54) is 4.90 Å². The summed E-state index contributed by atoms with van der Waals surface area (Å²) in [5, 5.41) is 2.68. The maximum atomic E-state index is 13.0. The molecule has 0 unspecified atom stereocenters. The smallest absolute Gasteiger partial charge is 0.270 e. The van der Waals surface area contributed by atoms with E-state index in [0.717, 1.165) is 16.9 Å². The Balaban J connectivity index is 1.72. The van der Waals surface area contributed by atoms with E-state index in [1.54, 1.807) is 18.2 Å². The highest BCUT2D eigenvalue weighted by Gasteiger charge is 2.34. The molecule has 1 aliphatic rings. The van der Waals surface area contributed by atoms with Gasteiger partial charge in [-0.1, -0.05) is 36.4 Å². The van der Waals surface area contributed by atoms with E-state index in [0.29, 0.717) is 5.69 Å². The van der Waals surface area contributed by atoms with Crippen LogP contribution in [0.25, 0.3) is 11.8 Å². The van der Waals surface area contributed by atoms with Crippen LogP contribution in [0.1, 0.15) is 11.3 Å². The number of hydrogen-bond donors (Lipinski definition) is 1. The average Bonchev–Trinajstić information content (AvgIpc) is 3.07. The van der Waals surface area contributed by atoms with Crippen molar-refractivity contribution in [2.45, 2.75) is 6.92 Å². The Morgan fingerprint density at radius 2 is 1.54 bits per heavy atom. The minimum Gasteiger partial charge on any atom is -0.321 e. The van der Waals surface area contributed by atoms with Gasteiger partial charge in [0, 0.05) is 17.6 Å². The monoisotopic (exact) mass is 387 g/mol. The highest BCUT2D eigenvalue weighted by atomic mass is 32.1. The number of amides is 2. The SMILES string of the molecule is Cc1cc(/C=C2/C(=O)NC(=S)N(c3ccccc3)C2=O)cn1-c1ccccc1. The number of benzene rings is 2. The molecule has 2 aromatic carbocycles. The average molecular weight is 387 g/mol. The zero-order valence-corrected chi connectivity index (χ0v) is 15.9. The van der Waals surface area contributed by atoms with Crippen molar-refractivity contribution in [1.29, 1.82) is 0 Å². The summed E-state index contributed by atoms with van der Waals surface area (Å²) in [6, 6.07) is 20.8. The van der Waals surface area contributed by atoms with Gasteiger partial charge < -0.3 is 4.57 Å². The second-order valence-corrected chi connectivity index (χ2v) is 6.80. The third-order valence-corrected chi connectivity index (χ3v) is 4.78. The number of carbonyl (C=O) groups is 2. The first-order valence-corrected chi connectivity index (χ1v) is 9.16. The molecule has 3 aromatic rings. The van der Waals surface area contributed by atoms with Gasteiger partial charge in [-0.25, -0.2) is 0 Å². The number of nitrogens with one attached hydrogen (secondary N) is 1. The van der Waals surface area contributed by atoms with E-state index in [4.69, 9.17) is 12.2 Å². The van der Waals surface area contributed by atoms with Crippen LogP contribution in [0, 0.1) is 6.92 Å². The van der Waals surface area contributed by atoms with Crippen molar-refractivity contribution >= 4 is 40.9 Å². The highest BCUT2D eigenvalue weighted by Crippen LogP contribution is 2.23. The lowest BCUT2D eigenvalue weighted by atomic mass is 10.1. The van der Waals surface area contributed by atoms with E-state index in [2.05, 4.69) is 5.32 Å². The number of anilines is 1. The summed E-state index contributed by atoms with van der Waals surface area (Å²) in [6.07, 6.45) is 3.50. The summed E-state index contributed by atoms with van der Waals surface area (Å²) in [4.78, 5) is 26.8. The first-order valence-electron chi connectivity index (χ1n) is 8.75. The van der Waals surface area contributed by atoms with Gasteiger partial charge in [0.1, 0.15) is 5.57 Å². The van der Waals surface area contributed by atoms with Gasteiger partial charge in [0.2, 0.25) is 0 Å². The first kappa shape index (κ1) is 17.9. The number of aryl methyl sites for hydroxylation is 1. The Bertz CT molecular complexity index is 1100. The molecule has 2 amide bonds. The first-order chi connectivity index (χ1) is 13.5. The minimum atomic E-state index is -0.493. The van der Waals surface area contributed by atoms with Crippen molar-refractivity contribution in [3.8, 4) is 5.69 Å². The molecule has 0 aliphatic carbocycles. The van der Waals surface area contributed by atoms with Crippen molar-refractivity contribution in [1.82, 2.24) is 9.88 Å². The van der Waals surface area contributed by atoms with E-state index < -0.39 is 11.8 Å². The van der Waals surface area contributed by atoms with Crippen LogP contribution in [-0.4, -0.2) is 21.5 Å². The maximum Gasteiger partial charge on any atom is 0.270 e. The van der Waals surface area contributed by atoms with E-state index >= 15 is 0 Å². The molecule has 6 heteroatoms. The fourth-order valence-corrected chi connectivity index (χ4v) is 3.46. The fraction of sp³-hybridized carbons (Fsp3) is 0.0455. The van der Waals surface area contributed by atoms with Gasteiger partial charge in [0.05, 0.1) is 5.69 Å². The number of nitrogens with zero attached hydrogens (tertiary/aromatic N) is 2. The molecule has 0 bridgehead atoms. The lowest BCUT2D eigenvalue weighted by Gasteiger charge is -2.28. The molecule has 0 spiro atoms. The van der Waals surface area contributed by atoms with E-state index in [-0.39, 0.29) is 10.7 Å². The van der Waals surface area contributed by atoms with Crippen LogP contribution < -0.4 is 10.2 Å². The lowest BCUT2D eigenvalue weighted by Crippen LogP contribution is -2.54. The Morgan fingerprint density at radius 1 is 0.929 bits per heavy atom. The fourth-order valence-electron chi connectivity index (χ4n) is 3.18. The molecule has 0 saturated carbocycles. The molecule has 138 valence electrons. The number of hydrogen-bond acceptors (Lipinski definition) is 3. The largest absolute Gasteiger partial charge is 0.321 e. The van der Waals surface area contributed by atoms with Crippen molar-refractivity contribution in [3.63, 3.8) is 0 Å². The molecular formula is C22H17N3O2S. The van der Waals surface area contributed by atoms with Crippen molar-refractivity contribution in [3.05, 3.63) is 89.8 Å². The van der Waals surface area contributed by atoms with Crippen LogP contribution in [0.5, 0.6) is 0 Å². The second-order valence-electron chi connectivity index (χ2n) is 6.41. The van der Waals surface area contributed by atoms with Gasteiger partial charge in [-0.3, -0.25) is 19.8 Å². The van der Waals surface area contributed by atoms with Crippen molar-refractivity contribution in [2.24, 2.45) is 0 Å². The summed E-state index contributed by atoms with van der Waals surface area (Å²) in [7, 11) is 0. The Morgan fingerprint density at radius 3 is 2.18 bits per heavy atom. The van der Waals surface area contributed by atoms with Crippen LogP contribution in [0.2, 0.25) is 0 Å². The van der Waals surface area contributed by atoms with Crippen LogP contribution in [0.4, 0.5) is 5.69 Å². The third-order valence-electron chi connectivity index (χ3n) is 4.50. The molecule has 4 rings (SSSR count). The number of carbonyl (C=O) groups excluding carboxylic acids is 2. The molecule has 28 heavy (non-hydrogen) atoms. The standard InChI is InChI=1S/C22H17N3O2S/c1-15-12-16(14-24(15)17-8-4-2-5-9-17)13-19-20(26)23-22(28)25(21(19)27)18-10-6-3-7-11-18/h2-14H,1H3,(H,23,26,28)/b19-13-. The number of rotatable bonds is 3. The Labute approximate surface area is 167 Å². The number of aromatic nitrogens is 1. The highest BCUT2D eigenvalue weighted by molar-refractivity contribution is 7.80. The van der Waals surface area contributed by atoms with Crippen LogP contribution >= 0.6 is 12.2 Å². The third kappa shape index (κ3) is 3.25. The maximum absolute atomic E-state index is 13.0. The van der Waals surface area contributed by atoms with Crippen LogP contribution in [0.15, 0.2) is 78.5 Å². The van der Waals surface area contributed by atoms with Crippen molar-refractivity contribution in [2.75, 3.05) is 4.90 Å². The molecule has 1 aliphatic heterocycles. The Hall–Kier alpha value is -3.51. The van der Waals surface area contributed by atoms with E-state index in [1.807, 2.05) is 72.3 Å². The van der Waals surface area contributed by atoms with Gasteiger partial charge in [-0.05, 0) is 61.1 Å². The zero-order chi connectivity index (χ0) is 19.7. The molecule has 0 radical (unpaired) electrons. The molecule has 1 aromatic heterocycles. The number of para-hydroxylation sites is 2. The number of thiocarbonyl (C=S) groups is 1. The summed E-state index contributed by atoms with van der Waals surface area (Å²) in [5.74, 6) is -0.933.